The van der Waals surface area contributed by atoms with Crippen molar-refractivity contribution in [1.82, 2.24) is 0 Å². The Morgan fingerprint density at radius 1 is 1.22 bits per heavy atom. The summed E-state index contributed by atoms with van der Waals surface area (Å²) in [5, 5.41) is 10.9. The summed E-state index contributed by atoms with van der Waals surface area (Å²) in [4.78, 5) is 23.6. The van der Waals surface area contributed by atoms with Gasteiger partial charge in [0, 0.05) is 10.7 Å². The van der Waals surface area contributed by atoms with Crippen LogP contribution in [0.25, 0.3) is 0 Å². The lowest BCUT2D eigenvalue weighted by molar-refractivity contribution is -0.218. The van der Waals surface area contributed by atoms with Crippen molar-refractivity contribution in [3.63, 3.8) is 0 Å². The van der Waals surface area contributed by atoms with Crippen LogP contribution < -0.4 is 5.32 Å². The van der Waals surface area contributed by atoms with Crippen LogP contribution in [0.3, 0.4) is 0 Å². The van der Waals surface area contributed by atoms with Crippen molar-refractivity contribution in [2.75, 3.05) is 5.32 Å². The predicted molar refractivity (Wildman–Crippen MR) is 77.8 cm³/mol. The smallest absolute Gasteiger partial charge is 0.407 e. The second kappa shape index (κ2) is 6.08. The van der Waals surface area contributed by atoms with Crippen molar-refractivity contribution in [2.45, 2.75) is 6.18 Å². The minimum absolute atomic E-state index is 0.115. The lowest BCUT2D eigenvalue weighted by Gasteiger charge is -2.36. The van der Waals surface area contributed by atoms with Gasteiger partial charge in [0.2, 0.25) is 5.91 Å². The molecule has 23 heavy (non-hydrogen) atoms. The van der Waals surface area contributed by atoms with Crippen molar-refractivity contribution in [3.8, 4) is 0 Å². The molecule has 0 spiro atoms. The van der Waals surface area contributed by atoms with Crippen LogP contribution in [-0.2, 0) is 9.59 Å². The third-order valence-electron chi connectivity index (χ3n) is 3.45. The van der Waals surface area contributed by atoms with E-state index in [1.807, 2.05) is 0 Å². The number of amides is 1. The van der Waals surface area contributed by atoms with Crippen LogP contribution in [0.1, 0.15) is 0 Å². The van der Waals surface area contributed by atoms with Crippen molar-refractivity contribution in [3.05, 3.63) is 53.6 Å². The van der Waals surface area contributed by atoms with Crippen LogP contribution in [0.5, 0.6) is 0 Å². The SMILES string of the molecule is O=C(O)C1C=CC(Cl)=CC1(C(=O)Nc1ccccc1)C(F)(F)F. The van der Waals surface area contributed by atoms with Gasteiger partial charge in [-0.3, -0.25) is 9.59 Å². The van der Waals surface area contributed by atoms with Crippen LogP contribution in [0.2, 0.25) is 0 Å². The Morgan fingerprint density at radius 3 is 2.35 bits per heavy atom. The molecule has 1 amide bonds. The lowest BCUT2D eigenvalue weighted by atomic mass is 9.71. The van der Waals surface area contributed by atoms with Crippen LogP contribution in [0.15, 0.2) is 53.6 Å². The Bertz CT molecular complexity index is 685. The maximum Gasteiger partial charge on any atom is 0.407 e. The summed E-state index contributed by atoms with van der Waals surface area (Å²) in [6.07, 6.45) is -2.92. The summed E-state index contributed by atoms with van der Waals surface area (Å²) >= 11 is 5.63. The van der Waals surface area contributed by atoms with Crippen LogP contribution in [0.4, 0.5) is 18.9 Å². The molecule has 4 nitrogen and oxygen atoms in total. The quantitative estimate of drug-likeness (QED) is 0.880. The number of carboxylic acid groups (broad SMARTS) is 1. The number of anilines is 1. The summed E-state index contributed by atoms with van der Waals surface area (Å²) in [6.45, 7) is 0. The number of carboxylic acids is 1. The summed E-state index contributed by atoms with van der Waals surface area (Å²) in [5.41, 5.74) is -3.18. The molecular weight excluding hydrogens is 335 g/mol. The zero-order chi connectivity index (χ0) is 17.3. The average molecular weight is 346 g/mol. The number of carbonyl (C=O) groups is 2. The van der Waals surface area contributed by atoms with E-state index in [-0.39, 0.29) is 10.7 Å². The largest absolute Gasteiger partial charge is 0.481 e. The fraction of sp³-hybridized carbons (Fsp3) is 0.200. The number of alkyl halides is 3. The van der Waals surface area contributed by atoms with E-state index in [0.29, 0.717) is 6.08 Å². The molecule has 1 aliphatic rings. The molecule has 0 saturated heterocycles. The number of hydrogen-bond acceptors (Lipinski definition) is 2. The van der Waals surface area contributed by atoms with Gasteiger partial charge in [-0.05, 0) is 24.3 Å². The summed E-state index contributed by atoms with van der Waals surface area (Å²) < 4.78 is 41.0. The molecule has 122 valence electrons. The molecule has 1 aromatic rings. The van der Waals surface area contributed by atoms with Gasteiger partial charge < -0.3 is 10.4 Å². The van der Waals surface area contributed by atoms with Crippen molar-refractivity contribution in [2.24, 2.45) is 11.3 Å². The zero-order valence-electron chi connectivity index (χ0n) is 11.5. The number of aliphatic carboxylic acids is 1. The van der Waals surface area contributed by atoms with Gasteiger partial charge in [0.25, 0.3) is 0 Å². The molecule has 0 radical (unpaired) electrons. The molecule has 8 heteroatoms. The Hall–Kier alpha value is -2.28. The van der Waals surface area contributed by atoms with Gasteiger partial charge in [0.1, 0.15) is 5.92 Å². The Kier molecular flexibility index (Phi) is 4.51. The monoisotopic (exact) mass is 345 g/mol. The summed E-state index contributed by atoms with van der Waals surface area (Å²) in [5.74, 6) is -5.40. The Morgan fingerprint density at radius 2 is 1.83 bits per heavy atom. The second-order valence-electron chi connectivity index (χ2n) is 4.89. The molecule has 0 heterocycles. The van der Waals surface area contributed by atoms with E-state index in [2.05, 4.69) is 5.32 Å². The maximum absolute atomic E-state index is 13.7. The predicted octanol–water partition coefficient (Wildman–Crippen LogP) is 3.57. The molecule has 1 aliphatic carbocycles. The van der Waals surface area contributed by atoms with Crippen molar-refractivity contribution in [1.29, 1.82) is 0 Å². The van der Waals surface area contributed by atoms with E-state index in [0.717, 1.165) is 12.2 Å². The molecule has 1 aromatic carbocycles. The molecule has 0 bridgehead atoms. The molecule has 0 aliphatic heterocycles. The molecule has 2 N–H and O–H groups in total. The van der Waals surface area contributed by atoms with Crippen molar-refractivity contribution >= 4 is 29.2 Å². The minimum Gasteiger partial charge on any atom is -0.481 e. The highest BCUT2D eigenvalue weighted by molar-refractivity contribution is 6.31. The number of para-hydroxylation sites is 1. The summed E-state index contributed by atoms with van der Waals surface area (Å²) in [6, 6.07) is 7.45. The fourth-order valence-corrected chi connectivity index (χ4v) is 2.57. The number of carbonyl (C=O) groups excluding carboxylic acids is 1. The van der Waals surface area contributed by atoms with E-state index < -0.39 is 29.4 Å². The molecule has 2 atom stereocenters. The number of halogens is 4. The fourth-order valence-electron chi connectivity index (χ4n) is 2.32. The zero-order valence-corrected chi connectivity index (χ0v) is 12.2. The van der Waals surface area contributed by atoms with E-state index >= 15 is 0 Å². The van der Waals surface area contributed by atoms with Crippen molar-refractivity contribution < 1.29 is 27.9 Å². The first-order chi connectivity index (χ1) is 10.7. The third-order valence-corrected chi connectivity index (χ3v) is 3.68. The van der Waals surface area contributed by atoms with E-state index in [1.165, 1.54) is 24.3 Å². The van der Waals surface area contributed by atoms with Crippen LogP contribution in [0, 0.1) is 11.3 Å². The van der Waals surface area contributed by atoms with Gasteiger partial charge in [0.05, 0.1) is 0 Å². The van der Waals surface area contributed by atoms with Crippen LogP contribution >= 0.6 is 11.6 Å². The second-order valence-corrected chi connectivity index (χ2v) is 5.33. The topological polar surface area (TPSA) is 66.4 Å². The Labute approximate surface area is 134 Å². The minimum atomic E-state index is -5.15. The normalized spacial score (nSPS) is 24.0. The van der Waals surface area contributed by atoms with Gasteiger partial charge in [-0.25, -0.2) is 0 Å². The van der Waals surface area contributed by atoms with Gasteiger partial charge in [0.15, 0.2) is 5.41 Å². The van der Waals surface area contributed by atoms with E-state index in [9.17, 15) is 22.8 Å². The maximum atomic E-state index is 13.7. The van der Waals surface area contributed by atoms with Crippen LogP contribution in [-0.4, -0.2) is 23.2 Å². The molecule has 0 fully saturated rings. The first-order valence-corrected chi connectivity index (χ1v) is 6.79. The van der Waals surface area contributed by atoms with Gasteiger partial charge in [-0.15, -0.1) is 0 Å². The number of allylic oxidation sites excluding steroid dienone is 2. The highest BCUT2D eigenvalue weighted by Gasteiger charge is 2.65. The van der Waals surface area contributed by atoms with Gasteiger partial charge in [-0.2, -0.15) is 13.2 Å². The van der Waals surface area contributed by atoms with E-state index in [1.54, 1.807) is 6.07 Å². The standard InChI is InChI=1S/C15H11ClF3NO3/c16-9-6-7-11(12(21)22)14(8-9,15(17,18)19)13(23)20-10-4-2-1-3-5-10/h1-8,11H,(H,20,23)(H,21,22). The lowest BCUT2D eigenvalue weighted by Crippen LogP contribution is -2.54. The highest BCUT2D eigenvalue weighted by atomic mass is 35.5. The van der Waals surface area contributed by atoms with Gasteiger partial charge >= 0.3 is 12.1 Å². The first-order valence-electron chi connectivity index (χ1n) is 6.41. The average Bonchev–Trinajstić information content (AvgIpc) is 2.46. The third kappa shape index (κ3) is 3.10. The number of nitrogens with one attached hydrogen (secondary N) is 1. The number of benzene rings is 1. The molecule has 2 rings (SSSR count). The highest BCUT2D eigenvalue weighted by Crippen LogP contribution is 2.50. The molecule has 2 unspecified atom stereocenters. The summed E-state index contributed by atoms with van der Waals surface area (Å²) in [7, 11) is 0. The Balaban J connectivity index is 2.53. The molecule has 0 saturated carbocycles. The first kappa shape index (κ1) is 17.1. The molecule has 0 aromatic heterocycles. The van der Waals surface area contributed by atoms with Gasteiger partial charge in [-0.1, -0.05) is 35.9 Å². The number of rotatable bonds is 3. The molecular formula is C15H11ClF3NO3. The number of hydrogen-bond donors (Lipinski definition) is 2. The van der Waals surface area contributed by atoms with E-state index in [4.69, 9.17) is 16.7 Å².